The van der Waals surface area contributed by atoms with Crippen molar-refractivity contribution in [2.45, 2.75) is 25.6 Å². The van der Waals surface area contributed by atoms with Crippen molar-refractivity contribution in [3.05, 3.63) is 0 Å². The Hall–Kier alpha value is -1.18. The Kier molecular flexibility index (Phi) is 8.27. The van der Waals surface area contributed by atoms with Gasteiger partial charge in [0, 0.05) is 7.11 Å². The number of hydrogen-bond acceptors (Lipinski definition) is 6. The van der Waals surface area contributed by atoms with Crippen molar-refractivity contribution in [2.75, 3.05) is 27.4 Å². The first-order valence-corrected chi connectivity index (χ1v) is 5.51. The summed E-state index contributed by atoms with van der Waals surface area (Å²) in [7, 11) is 2.62. The number of carbonyl (C=O) groups is 2. The molecular weight excluding hydrogens is 244 g/mol. The van der Waals surface area contributed by atoms with E-state index in [-0.39, 0.29) is 19.1 Å². The van der Waals surface area contributed by atoms with E-state index in [1.54, 1.807) is 6.92 Å². The molecule has 0 aromatic rings. The molecule has 0 saturated carbocycles. The number of carboxylic acid groups (broad SMARTS) is 1. The van der Waals surface area contributed by atoms with Crippen LogP contribution in [0, 0.1) is 5.92 Å². The van der Waals surface area contributed by atoms with Gasteiger partial charge in [-0.05, 0) is 13.3 Å². The van der Waals surface area contributed by atoms with E-state index >= 15 is 0 Å². The smallest absolute Gasteiger partial charge is 0.320 e. The molecule has 0 heterocycles. The van der Waals surface area contributed by atoms with Crippen LogP contribution in [0.2, 0.25) is 0 Å². The Labute approximate surface area is 106 Å². The zero-order valence-electron chi connectivity index (χ0n) is 10.8. The van der Waals surface area contributed by atoms with E-state index in [9.17, 15) is 14.7 Å². The maximum atomic E-state index is 11.2. The molecule has 0 spiro atoms. The van der Waals surface area contributed by atoms with Gasteiger partial charge in [-0.1, -0.05) is 0 Å². The van der Waals surface area contributed by atoms with Gasteiger partial charge in [0.15, 0.2) is 5.92 Å². The summed E-state index contributed by atoms with van der Waals surface area (Å²) >= 11 is 0. The molecule has 7 nitrogen and oxygen atoms in total. The molecule has 106 valence electrons. The van der Waals surface area contributed by atoms with Crippen LogP contribution < -0.4 is 0 Å². The second-order valence-electron chi connectivity index (χ2n) is 3.90. The maximum absolute atomic E-state index is 11.2. The summed E-state index contributed by atoms with van der Waals surface area (Å²) in [4.78, 5) is 22.0. The van der Waals surface area contributed by atoms with Gasteiger partial charge < -0.3 is 24.4 Å². The van der Waals surface area contributed by atoms with Crippen molar-refractivity contribution in [3.8, 4) is 0 Å². The van der Waals surface area contributed by atoms with Crippen LogP contribution in [0.5, 0.6) is 0 Å². The molecule has 3 atom stereocenters. The highest BCUT2D eigenvalue weighted by Gasteiger charge is 2.30. The molecule has 3 unspecified atom stereocenters. The zero-order chi connectivity index (χ0) is 14.1. The largest absolute Gasteiger partial charge is 0.481 e. The van der Waals surface area contributed by atoms with Crippen LogP contribution in [0.3, 0.4) is 0 Å². The molecule has 0 aliphatic rings. The lowest BCUT2D eigenvalue weighted by molar-refractivity contribution is -0.158. The summed E-state index contributed by atoms with van der Waals surface area (Å²) in [6.45, 7) is 2.06. The number of carbonyl (C=O) groups excluding carboxylic acids is 1. The van der Waals surface area contributed by atoms with E-state index in [1.165, 1.54) is 7.11 Å². The monoisotopic (exact) mass is 264 g/mol. The molecule has 18 heavy (non-hydrogen) atoms. The number of aliphatic hydroxyl groups excluding tert-OH is 1. The molecule has 0 amide bonds. The topological polar surface area (TPSA) is 102 Å². The van der Waals surface area contributed by atoms with Gasteiger partial charge >= 0.3 is 11.9 Å². The van der Waals surface area contributed by atoms with Crippen LogP contribution in [0.25, 0.3) is 0 Å². The number of hydrogen-bond donors (Lipinski definition) is 2. The molecule has 0 bridgehead atoms. The quantitative estimate of drug-likeness (QED) is 0.434. The third-order valence-electron chi connectivity index (χ3n) is 2.27. The van der Waals surface area contributed by atoms with Gasteiger partial charge in [0.2, 0.25) is 0 Å². The summed E-state index contributed by atoms with van der Waals surface area (Å²) in [6, 6.07) is 0. The van der Waals surface area contributed by atoms with Crippen LogP contribution in [0.15, 0.2) is 0 Å². The highest BCUT2D eigenvalue weighted by Crippen LogP contribution is 2.10. The molecule has 0 aliphatic heterocycles. The predicted octanol–water partition coefficient (Wildman–Crippen LogP) is -0.337. The van der Waals surface area contributed by atoms with E-state index in [1.807, 2.05) is 0 Å². The lowest BCUT2D eigenvalue weighted by Gasteiger charge is -2.18. The van der Waals surface area contributed by atoms with Gasteiger partial charge in [-0.3, -0.25) is 9.59 Å². The van der Waals surface area contributed by atoms with Crippen molar-refractivity contribution in [1.29, 1.82) is 0 Å². The third-order valence-corrected chi connectivity index (χ3v) is 2.27. The Bertz CT molecular complexity index is 266. The number of aliphatic carboxylic acids is 1. The van der Waals surface area contributed by atoms with Gasteiger partial charge in [0.25, 0.3) is 0 Å². The summed E-state index contributed by atoms with van der Waals surface area (Å²) in [6.07, 6.45) is -1.52. The van der Waals surface area contributed by atoms with Gasteiger partial charge in [0.1, 0.15) is 0 Å². The molecule has 0 saturated heterocycles. The van der Waals surface area contributed by atoms with Crippen LogP contribution in [-0.2, 0) is 23.8 Å². The highest BCUT2D eigenvalue weighted by molar-refractivity contribution is 5.93. The highest BCUT2D eigenvalue weighted by atomic mass is 16.5. The number of rotatable bonds is 9. The van der Waals surface area contributed by atoms with Crippen molar-refractivity contribution in [2.24, 2.45) is 5.92 Å². The predicted molar refractivity (Wildman–Crippen MR) is 61.1 cm³/mol. The molecular formula is C11H20O7. The summed E-state index contributed by atoms with van der Waals surface area (Å²) in [5.41, 5.74) is 0. The molecule has 2 N–H and O–H groups in total. The minimum absolute atomic E-state index is 0.0642. The van der Waals surface area contributed by atoms with Crippen molar-refractivity contribution in [3.63, 3.8) is 0 Å². The Morgan fingerprint density at radius 2 is 1.83 bits per heavy atom. The Balaban J connectivity index is 4.14. The lowest BCUT2D eigenvalue weighted by atomic mass is 10.0. The first-order chi connectivity index (χ1) is 8.42. The number of esters is 1. The minimum Gasteiger partial charge on any atom is -0.481 e. The van der Waals surface area contributed by atoms with Gasteiger partial charge in [-0.2, -0.15) is 0 Å². The zero-order valence-corrected chi connectivity index (χ0v) is 10.8. The first-order valence-electron chi connectivity index (χ1n) is 5.51. The fourth-order valence-corrected chi connectivity index (χ4v) is 1.34. The number of carboxylic acids is 1. The fraction of sp³-hybridized carbons (Fsp3) is 0.818. The van der Waals surface area contributed by atoms with E-state index < -0.39 is 24.0 Å². The van der Waals surface area contributed by atoms with E-state index in [0.717, 1.165) is 7.11 Å². The molecule has 0 fully saturated rings. The van der Waals surface area contributed by atoms with Crippen LogP contribution in [-0.4, -0.2) is 61.8 Å². The number of ether oxygens (including phenoxy) is 3. The van der Waals surface area contributed by atoms with Crippen LogP contribution >= 0.6 is 0 Å². The second-order valence-corrected chi connectivity index (χ2v) is 3.90. The summed E-state index contributed by atoms with van der Waals surface area (Å²) < 4.78 is 14.4. The molecule has 0 rings (SSSR count). The first kappa shape index (κ1) is 16.8. The molecule has 0 radical (unpaired) electrons. The van der Waals surface area contributed by atoms with Crippen molar-refractivity contribution >= 4 is 11.9 Å². The Morgan fingerprint density at radius 1 is 1.22 bits per heavy atom. The van der Waals surface area contributed by atoms with Crippen LogP contribution in [0.4, 0.5) is 0 Å². The number of methoxy groups -OCH3 is 2. The summed E-state index contributed by atoms with van der Waals surface area (Å²) in [5, 5.41) is 18.4. The standard InChI is InChI=1S/C11H20O7/c1-7(5-16-2)18-6-8(12)4-9(10(13)14)11(15)17-3/h7-9,12H,4-6H2,1-3H3,(H,13,14). The molecule has 0 aromatic heterocycles. The SMILES string of the molecule is COCC(C)OCC(O)CC(C(=O)O)C(=O)OC. The fourth-order valence-electron chi connectivity index (χ4n) is 1.34. The maximum Gasteiger partial charge on any atom is 0.320 e. The van der Waals surface area contributed by atoms with Crippen LogP contribution in [0.1, 0.15) is 13.3 Å². The third kappa shape index (κ3) is 6.53. The average molecular weight is 264 g/mol. The minimum atomic E-state index is -1.38. The van der Waals surface area contributed by atoms with E-state index in [0.29, 0.717) is 6.61 Å². The molecule has 0 aromatic carbocycles. The van der Waals surface area contributed by atoms with Gasteiger partial charge in [0.05, 0.1) is 32.5 Å². The normalized spacial score (nSPS) is 15.8. The van der Waals surface area contributed by atoms with Crippen molar-refractivity contribution < 1.29 is 34.0 Å². The van der Waals surface area contributed by atoms with E-state index in [4.69, 9.17) is 14.6 Å². The Morgan fingerprint density at radius 3 is 2.28 bits per heavy atom. The van der Waals surface area contributed by atoms with Gasteiger partial charge in [-0.25, -0.2) is 0 Å². The molecule has 7 heteroatoms. The molecule has 0 aliphatic carbocycles. The number of aliphatic hydroxyl groups is 1. The van der Waals surface area contributed by atoms with Gasteiger partial charge in [-0.15, -0.1) is 0 Å². The van der Waals surface area contributed by atoms with E-state index in [2.05, 4.69) is 4.74 Å². The average Bonchev–Trinajstić information content (AvgIpc) is 2.32. The summed E-state index contributed by atoms with van der Waals surface area (Å²) in [5.74, 6) is -3.59. The second kappa shape index (κ2) is 8.84. The lowest BCUT2D eigenvalue weighted by Crippen LogP contribution is -2.32. The van der Waals surface area contributed by atoms with Crippen molar-refractivity contribution in [1.82, 2.24) is 0 Å².